The summed E-state index contributed by atoms with van der Waals surface area (Å²) in [6.07, 6.45) is 1.70. The van der Waals surface area contributed by atoms with E-state index in [9.17, 15) is 9.59 Å². The monoisotopic (exact) mass is 588 g/mol. The van der Waals surface area contributed by atoms with E-state index in [1.807, 2.05) is 24.3 Å². The molecule has 29 heavy (non-hydrogen) atoms. The van der Waals surface area contributed by atoms with Gasteiger partial charge in [-0.15, -0.1) is 0 Å². The van der Waals surface area contributed by atoms with Crippen molar-refractivity contribution in [2.24, 2.45) is 4.99 Å². The normalized spacial score (nSPS) is 16.2. The van der Waals surface area contributed by atoms with Crippen LogP contribution >= 0.6 is 50.3 Å². The molecule has 1 fully saturated rings. The molecule has 2 aromatic carbocycles. The third-order valence-corrected chi connectivity index (χ3v) is 6.03. The van der Waals surface area contributed by atoms with Crippen LogP contribution in [0.3, 0.4) is 0 Å². The predicted molar refractivity (Wildman–Crippen MR) is 124 cm³/mol. The molecule has 1 saturated heterocycles. The maximum absolute atomic E-state index is 12.3. The standard InChI is InChI=1S/C19H14BrIN2O5S/c1-27-14-7-10(6-11(20)17(14)28-9-16(24)25)8-15-18(26)23-19(29-15)22-13-5-3-2-4-12(13)21/h2-8H,9H2,1H3,(H,24,25)(H,22,23,26)/b15-8+. The number of aliphatic imine (C=N–C) groups is 1. The summed E-state index contributed by atoms with van der Waals surface area (Å²) < 4.78 is 12.1. The molecule has 7 nitrogen and oxygen atoms in total. The highest BCUT2D eigenvalue weighted by atomic mass is 127. The number of para-hydroxylation sites is 1. The number of halogens is 2. The van der Waals surface area contributed by atoms with Gasteiger partial charge in [0.25, 0.3) is 5.91 Å². The van der Waals surface area contributed by atoms with Gasteiger partial charge in [0.15, 0.2) is 23.3 Å². The summed E-state index contributed by atoms with van der Waals surface area (Å²) in [7, 11) is 1.45. The van der Waals surface area contributed by atoms with Gasteiger partial charge in [-0.2, -0.15) is 0 Å². The topological polar surface area (TPSA) is 97.2 Å². The molecule has 0 atom stereocenters. The Kier molecular flexibility index (Phi) is 7.19. The first-order valence-corrected chi connectivity index (χ1v) is 10.8. The van der Waals surface area contributed by atoms with Crippen LogP contribution in [0.25, 0.3) is 6.08 Å². The molecule has 2 N–H and O–H groups in total. The van der Waals surface area contributed by atoms with E-state index in [-0.39, 0.29) is 11.7 Å². The number of methoxy groups -OCH3 is 1. The second kappa shape index (κ2) is 9.63. The van der Waals surface area contributed by atoms with Gasteiger partial charge in [0.1, 0.15) is 0 Å². The lowest BCUT2D eigenvalue weighted by atomic mass is 10.2. The van der Waals surface area contributed by atoms with Crippen molar-refractivity contribution in [2.45, 2.75) is 0 Å². The number of ether oxygens (including phenoxy) is 2. The first-order chi connectivity index (χ1) is 13.9. The zero-order chi connectivity index (χ0) is 21.0. The number of hydrogen-bond acceptors (Lipinski definition) is 6. The molecule has 150 valence electrons. The number of nitrogens with one attached hydrogen (secondary N) is 1. The van der Waals surface area contributed by atoms with E-state index in [1.165, 1.54) is 18.9 Å². The summed E-state index contributed by atoms with van der Waals surface area (Å²) in [5.41, 5.74) is 1.46. The van der Waals surface area contributed by atoms with Crippen molar-refractivity contribution in [2.75, 3.05) is 13.7 Å². The van der Waals surface area contributed by atoms with E-state index in [0.717, 1.165) is 9.26 Å². The Morgan fingerprint density at radius 1 is 1.38 bits per heavy atom. The van der Waals surface area contributed by atoms with Gasteiger partial charge in [0, 0.05) is 3.57 Å². The van der Waals surface area contributed by atoms with Crippen LogP contribution in [0.5, 0.6) is 11.5 Å². The third kappa shape index (κ3) is 5.52. The number of rotatable bonds is 6. The van der Waals surface area contributed by atoms with Crippen LogP contribution in [0.15, 0.2) is 50.8 Å². The van der Waals surface area contributed by atoms with Crippen LogP contribution < -0.4 is 14.8 Å². The summed E-state index contributed by atoms with van der Waals surface area (Å²) in [6.45, 7) is -0.494. The quantitative estimate of drug-likeness (QED) is 0.383. The van der Waals surface area contributed by atoms with E-state index < -0.39 is 12.6 Å². The fraction of sp³-hybridized carbons (Fsp3) is 0.105. The minimum absolute atomic E-state index is 0.249. The van der Waals surface area contributed by atoms with Crippen molar-refractivity contribution in [3.05, 3.63) is 54.9 Å². The fourth-order valence-electron chi connectivity index (χ4n) is 2.38. The van der Waals surface area contributed by atoms with Crippen molar-refractivity contribution in [3.8, 4) is 11.5 Å². The number of carboxylic acid groups (broad SMARTS) is 1. The van der Waals surface area contributed by atoms with Crippen LogP contribution in [0.2, 0.25) is 0 Å². The summed E-state index contributed by atoms with van der Waals surface area (Å²) in [6, 6.07) is 11.0. The Labute approximate surface area is 192 Å². The summed E-state index contributed by atoms with van der Waals surface area (Å²) in [5, 5.41) is 12.1. The Morgan fingerprint density at radius 2 is 2.14 bits per heavy atom. The van der Waals surface area contributed by atoms with Crippen molar-refractivity contribution in [1.29, 1.82) is 0 Å². The zero-order valence-corrected chi connectivity index (χ0v) is 19.5. The van der Waals surface area contributed by atoms with Crippen LogP contribution in [-0.2, 0) is 9.59 Å². The third-order valence-electron chi connectivity index (χ3n) is 3.61. The lowest BCUT2D eigenvalue weighted by Crippen LogP contribution is -2.19. The number of carbonyl (C=O) groups excluding carboxylic acids is 1. The number of hydrogen-bond donors (Lipinski definition) is 2. The molecular weight excluding hydrogens is 575 g/mol. The van der Waals surface area contributed by atoms with E-state index >= 15 is 0 Å². The lowest BCUT2D eigenvalue weighted by molar-refractivity contribution is -0.139. The van der Waals surface area contributed by atoms with Gasteiger partial charge < -0.3 is 19.9 Å². The van der Waals surface area contributed by atoms with Crippen LogP contribution in [-0.4, -0.2) is 35.9 Å². The van der Waals surface area contributed by atoms with Gasteiger partial charge in [-0.25, -0.2) is 9.79 Å². The molecule has 0 radical (unpaired) electrons. The second-order valence-corrected chi connectivity index (χ2v) is 8.70. The molecular formula is C19H14BrIN2O5S. The molecule has 0 aliphatic carbocycles. The predicted octanol–water partition coefficient (Wildman–Crippen LogP) is 4.42. The average Bonchev–Trinajstić information content (AvgIpc) is 3.01. The maximum atomic E-state index is 12.3. The first kappa shape index (κ1) is 21.7. The maximum Gasteiger partial charge on any atom is 0.341 e. The Morgan fingerprint density at radius 3 is 2.83 bits per heavy atom. The van der Waals surface area contributed by atoms with Gasteiger partial charge >= 0.3 is 5.97 Å². The van der Waals surface area contributed by atoms with Crippen LogP contribution in [0, 0.1) is 3.57 Å². The highest BCUT2D eigenvalue weighted by Gasteiger charge is 2.24. The first-order valence-electron chi connectivity index (χ1n) is 8.13. The summed E-state index contributed by atoms with van der Waals surface area (Å²) >= 11 is 6.78. The molecule has 1 heterocycles. The molecule has 0 spiro atoms. The van der Waals surface area contributed by atoms with Crippen LogP contribution in [0.4, 0.5) is 5.69 Å². The number of thioether (sulfide) groups is 1. The summed E-state index contributed by atoms with van der Waals surface area (Å²) in [4.78, 5) is 28.1. The number of amidine groups is 1. The number of carboxylic acids is 1. The van der Waals surface area contributed by atoms with E-state index in [4.69, 9.17) is 14.6 Å². The summed E-state index contributed by atoms with van der Waals surface area (Å²) in [5.74, 6) is -0.713. The minimum atomic E-state index is -1.09. The van der Waals surface area contributed by atoms with Gasteiger partial charge in [-0.3, -0.25) is 4.79 Å². The molecule has 3 rings (SSSR count). The van der Waals surface area contributed by atoms with Crippen molar-refractivity contribution in [3.63, 3.8) is 0 Å². The van der Waals surface area contributed by atoms with E-state index in [2.05, 4.69) is 48.8 Å². The molecule has 0 unspecified atom stereocenters. The van der Waals surface area contributed by atoms with Crippen LogP contribution in [0.1, 0.15) is 5.56 Å². The molecule has 1 aliphatic rings. The van der Waals surface area contributed by atoms with Crippen molar-refractivity contribution in [1.82, 2.24) is 5.32 Å². The van der Waals surface area contributed by atoms with Crippen molar-refractivity contribution < 1.29 is 24.2 Å². The van der Waals surface area contributed by atoms with Gasteiger partial charge in [0.2, 0.25) is 0 Å². The fourth-order valence-corrected chi connectivity index (χ4v) is 4.30. The molecule has 1 amide bonds. The molecule has 0 aromatic heterocycles. The zero-order valence-electron chi connectivity index (χ0n) is 14.9. The van der Waals surface area contributed by atoms with Gasteiger partial charge in [-0.1, -0.05) is 12.1 Å². The lowest BCUT2D eigenvalue weighted by Gasteiger charge is -2.12. The largest absolute Gasteiger partial charge is 0.493 e. The number of benzene rings is 2. The van der Waals surface area contributed by atoms with Crippen molar-refractivity contribution >= 4 is 79.1 Å². The number of aliphatic carboxylic acids is 1. The Bertz CT molecular complexity index is 1040. The number of nitrogens with zero attached hydrogens (tertiary/aromatic N) is 1. The number of amides is 1. The van der Waals surface area contributed by atoms with Gasteiger partial charge in [0.05, 0.1) is 22.2 Å². The molecule has 2 aromatic rings. The minimum Gasteiger partial charge on any atom is -0.493 e. The molecule has 0 bridgehead atoms. The van der Waals surface area contributed by atoms with E-state index in [1.54, 1.807) is 18.2 Å². The highest BCUT2D eigenvalue weighted by Crippen LogP contribution is 2.38. The SMILES string of the molecule is COc1cc(/C=C2/SC(=Nc3ccccc3I)NC2=O)cc(Br)c1OCC(=O)O. The Balaban J connectivity index is 1.86. The smallest absolute Gasteiger partial charge is 0.341 e. The number of carbonyl (C=O) groups is 2. The average molecular weight is 589 g/mol. The Hall–Kier alpha value is -2.05. The molecule has 1 aliphatic heterocycles. The van der Waals surface area contributed by atoms with Gasteiger partial charge in [-0.05, 0) is 86.2 Å². The highest BCUT2D eigenvalue weighted by molar-refractivity contribution is 14.1. The molecule has 0 saturated carbocycles. The second-order valence-electron chi connectivity index (χ2n) is 5.65. The molecule has 10 heteroatoms. The van der Waals surface area contributed by atoms with E-state index in [0.29, 0.717) is 25.9 Å².